The Morgan fingerprint density at radius 1 is 1.39 bits per heavy atom. The van der Waals surface area contributed by atoms with E-state index in [-0.39, 0.29) is 6.10 Å². The number of amides is 1. The number of hydrogen-bond donors (Lipinski definition) is 2. The molecule has 1 aliphatic heterocycles. The molecule has 2 unspecified atom stereocenters. The Labute approximate surface area is 135 Å². The van der Waals surface area contributed by atoms with Crippen molar-refractivity contribution in [2.75, 3.05) is 13.2 Å². The minimum Gasteiger partial charge on any atom is -0.491 e. The van der Waals surface area contributed by atoms with Gasteiger partial charge in [-0.2, -0.15) is 0 Å². The normalized spacial score (nSPS) is 18.4. The van der Waals surface area contributed by atoms with E-state index in [9.17, 15) is 9.59 Å². The number of nitrogens with one attached hydrogen (secondary N) is 1. The Kier molecular flexibility index (Phi) is 6.40. The monoisotopic (exact) mass is 321 g/mol. The summed E-state index contributed by atoms with van der Waals surface area (Å²) >= 11 is 0. The molecule has 6 nitrogen and oxygen atoms in total. The van der Waals surface area contributed by atoms with Crippen molar-refractivity contribution in [2.24, 2.45) is 0 Å². The summed E-state index contributed by atoms with van der Waals surface area (Å²) in [5, 5.41) is 11.6. The van der Waals surface area contributed by atoms with Gasteiger partial charge in [0.15, 0.2) is 0 Å². The topological polar surface area (TPSA) is 84.9 Å². The first-order valence-corrected chi connectivity index (χ1v) is 7.98. The van der Waals surface area contributed by atoms with Crippen LogP contribution in [0.4, 0.5) is 0 Å². The Hall–Kier alpha value is -2.08. The van der Waals surface area contributed by atoms with Gasteiger partial charge in [-0.3, -0.25) is 4.79 Å². The zero-order valence-electron chi connectivity index (χ0n) is 13.3. The molecule has 1 amide bonds. The first-order valence-electron chi connectivity index (χ1n) is 7.98. The third-order valence-corrected chi connectivity index (χ3v) is 3.76. The van der Waals surface area contributed by atoms with Crippen LogP contribution in [0.15, 0.2) is 24.3 Å². The number of hydrogen-bond acceptors (Lipinski definition) is 4. The Bertz CT molecular complexity index is 522. The van der Waals surface area contributed by atoms with Gasteiger partial charge in [0.05, 0.1) is 6.10 Å². The SMILES string of the molecule is CCCC(NC(=O)c1ccc(OCC2CCCO2)cc1)C(=O)O. The third-order valence-electron chi connectivity index (χ3n) is 3.76. The fraction of sp³-hybridized carbons (Fsp3) is 0.529. The van der Waals surface area contributed by atoms with Gasteiger partial charge < -0.3 is 19.9 Å². The fourth-order valence-corrected chi connectivity index (χ4v) is 2.46. The minimum atomic E-state index is -1.02. The lowest BCUT2D eigenvalue weighted by Crippen LogP contribution is -2.40. The number of carboxylic acids is 1. The molecule has 6 heteroatoms. The maximum Gasteiger partial charge on any atom is 0.326 e. The quantitative estimate of drug-likeness (QED) is 0.767. The molecule has 1 fully saturated rings. The van der Waals surface area contributed by atoms with E-state index < -0.39 is 17.9 Å². The summed E-state index contributed by atoms with van der Waals surface area (Å²) in [7, 11) is 0. The second-order valence-corrected chi connectivity index (χ2v) is 5.62. The molecule has 1 saturated heterocycles. The van der Waals surface area contributed by atoms with E-state index in [1.54, 1.807) is 24.3 Å². The van der Waals surface area contributed by atoms with Gasteiger partial charge in [-0.05, 0) is 43.5 Å². The van der Waals surface area contributed by atoms with Crippen LogP contribution in [0.2, 0.25) is 0 Å². The highest BCUT2D eigenvalue weighted by atomic mass is 16.5. The van der Waals surface area contributed by atoms with Gasteiger partial charge >= 0.3 is 5.97 Å². The predicted molar refractivity (Wildman–Crippen MR) is 84.7 cm³/mol. The molecular formula is C17H23NO5. The highest BCUT2D eigenvalue weighted by Gasteiger charge is 2.20. The smallest absolute Gasteiger partial charge is 0.326 e. The van der Waals surface area contributed by atoms with Crippen LogP contribution in [0.5, 0.6) is 5.75 Å². The van der Waals surface area contributed by atoms with Gasteiger partial charge in [-0.1, -0.05) is 13.3 Å². The number of ether oxygens (including phenoxy) is 2. The highest BCUT2D eigenvalue weighted by Crippen LogP contribution is 2.16. The largest absolute Gasteiger partial charge is 0.491 e. The van der Waals surface area contributed by atoms with E-state index >= 15 is 0 Å². The lowest BCUT2D eigenvalue weighted by atomic mass is 10.1. The average molecular weight is 321 g/mol. The number of benzene rings is 1. The van der Waals surface area contributed by atoms with Crippen LogP contribution in [-0.4, -0.2) is 42.3 Å². The first-order chi connectivity index (χ1) is 11.1. The molecule has 2 atom stereocenters. The molecule has 2 N–H and O–H groups in total. The van der Waals surface area contributed by atoms with Gasteiger partial charge in [-0.25, -0.2) is 4.79 Å². The van der Waals surface area contributed by atoms with Crippen LogP contribution in [-0.2, 0) is 9.53 Å². The molecule has 1 aromatic carbocycles. The zero-order valence-corrected chi connectivity index (χ0v) is 13.3. The van der Waals surface area contributed by atoms with Gasteiger partial charge in [-0.15, -0.1) is 0 Å². The summed E-state index contributed by atoms with van der Waals surface area (Å²) in [5.74, 6) is -0.742. The van der Waals surface area contributed by atoms with Gasteiger partial charge in [0.1, 0.15) is 18.4 Å². The van der Waals surface area contributed by atoms with Crippen molar-refractivity contribution >= 4 is 11.9 Å². The second kappa shape index (κ2) is 8.53. The van der Waals surface area contributed by atoms with Crippen molar-refractivity contribution in [1.29, 1.82) is 0 Å². The third kappa shape index (κ3) is 5.25. The van der Waals surface area contributed by atoms with Crippen molar-refractivity contribution in [3.63, 3.8) is 0 Å². The fourth-order valence-electron chi connectivity index (χ4n) is 2.46. The number of carboxylic acid groups (broad SMARTS) is 1. The van der Waals surface area contributed by atoms with Crippen molar-refractivity contribution in [3.8, 4) is 5.75 Å². The van der Waals surface area contributed by atoms with E-state index in [4.69, 9.17) is 14.6 Å². The van der Waals surface area contributed by atoms with Crippen LogP contribution in [0, 0.1) is 0 Å². The summed E-state index contributed by atoms with van der Waals surface area (Å²) in [6.07, 6.45) is 3.31. The molecule has 1 aromatic rings. The second-order valence-electron chi connectivity index (χ2n) is 5.62. The lowest BCUT2D eigenvalue weighted by Gasteiger charge is -2.14. The number of rotatable bonds is 8. The summed E-state index contributed by atoms with van der Waals surface area (Å²) in [5.41, 5.74) is 0.414. The molecule has 0 aromatic heterocycles. The summed E-state index contributed by atoms with van der Waals surface area (Å²) in [6, 6.07) is 5.82. The van der Waals surface area contributed by atoms with Gasteiger partial charge in [0.25, 0.3) is 5.91 Å². The number of aliphatic carboxylic acids is 1. The van der Waals surface area contributed by atoms with Crippen LogP contribution < -0.4 is 10.1 Å². The van der Waals surface area contributed by atoms with Crippen molar-refractivity contribution in [2.45, 2.75) is 44.8 Å². The maximum absolute atomic E-state index is 12.1. The Morgan fingerprint density at radius 2 is 2.13 bits per heavy atom. The lowest BCUT2D eigenvalue weighted by molar-refractivity contribution is -0.139. The van der Waals surface area contributed by atoms with E-state index in [2.05, 4.69) is 5.32 Å². The maximum atomic E-state index is 12.1. The van der Waals surface area contributed by atoms with Crippen molar-refractivity contribution < 1.29 is 24.2 Å². The molecule has 0 saturated carbocycles. The Morgan fingerprint density at radius 3 is 2.70 bits per heavy atom. The van der Waals surface area contributed by atoms with Crippen molar-refractivity contribution in [3.05, 3.63) is 29.8 Å². The summed E-state index contributed by atoms with van der Waals surface area (Å²) in [6.45, 7) is 3.17. The van der Waals surface area contributed by atoms with Crippen LogP contribution in [0.1, 0.15) is 43.0 Å². The average Bonchev–Trinajstić information content (AvgIpc) is 3.06. The molecule has 0 radical (unpaired) electrons. The summed E-state index contributed by atoms with van der Waals surface area (Å²) in [4.78, 5) is 23.2. The van der Waals surface area contributed by atoms with E-state index in [1.807, 2.05) is 6.92 Å². The molecule has 1 aliphatic rings. The molecule has 23 heavy (non-hydrogen) atoms. The predicted octanol–water partition coefficient (Wildman–Crippen LogP) is 2.23. The number of carbonyl (C=O) groups is 2. The molecule has 126 valence electrons. The molecule has 2 rings (SSSR count). The molecule has 0 bridgehead atoms. The van der Waals surface area contributed by atoms with E-state index in [0.29, 0.717) is 30.8 Å². The van der Waals surface area contributed by atoms with E-state index in [1.165, 1.54) is 0 Å². The van der Waals surface area contributed by atoms with Crippen LogP contribution in [0.3, 0.4) is 0 Å². The van der Waals surface area contributed by atoms with Crippen molar-refractivity contribution in [1.82, 2.24) is 5.32 Å². The van der Waals surface area contributed by atoms with E-state index in [0.717, 1.165) is 19.4 Å². The molecule has 0 spiro atoms. The number of carbonyl (C=O) groups excluding carboxylic acids is 1. The Balaban J connectivity index is 1.87. The minimum absolute atomic E-state index is 0.142. The molecule has 0 aliphatic carbocycles. The molecule has 1 heterocycles. The zero-order chi connectivity index (χ0) is 16.7. The van der Waals surface area contributed by atoms with Gasteiger partial charge in [0.2, 0.25) is 0 Å². The highest BCUT2D eigenvalue weighted by molar-refractivity contribution is 5.96. The van der Waals surface area contributed by atoms with Crippen LogP contribution in [0.25, 0.3) is 0 Å². The van der Waals surface area contributed by atoms with Gasteiger partial charge in [0, 0.05) is 12.2 Å². The molecular weight excluding hydrogens is 298 g/mol. The first kappa shape index (κ1) is 17.3. The summed E-state index contributed by atoms with van der Waals surface area (Å²) < 4.78 is 11.1. The van der Waals surface area contributed by atoms with Crippen LogP contribution >= 0.6 is 0 Å². The standard InChI is InChI=1S/C17H23NO5/c1-2-4-15(17(20)21)18-16(19)12-6-8-13(9-7-12)23-11-14-5-3-10-22-14/h6-9,14-15H,2-5,10-11H2,1H3,(H,18,19)(H,20,21).